The monoisotopic (exact) mass is 1250 g/mol. The topological polar surface area (TPSA) is 198 Å². The van der Waals surface area contributed by atoms with Crippen LogP contribution >= 0.6 is 0 Å². The molecule has 20 heteroatoms. The summed E-state index contributed by atoms with van der Waals surface area (Å²) in [5.41, 5.74) is 0. The first-order valence-electron chi connectivity index (χ1n) is 20.1. The fraction of sp³-hybridized carbons (Fsp3) is 0.897. The van der Waals surface area contributed by atoms with Crippen LogP contribution in [0.5, 0.6) is 0 Å². The number of nitrogens with one attached hydrogen (secondary N) is 4. The first kappa shape index (κ1) is 80.5. The Kier molecular flexibility index (Phi) is 64.9. The standard InChI is InChI=1S/2C6H12NOS.C6H11OS.2C5H11NOS.C5H10OS.2C2H6.CH4.CH3.4Y/c2*1-6-4-2-3-5-9(6,7)8;1-6-4-2-3-5-8(6)7;2*6-8(7)4-2-1-3-5-8;6-7-4-2-1-3-5-7;2*1-2;;;;;;/h2*6-7H,1-5H2;3*6H,1-5H2;1-5H2;2*1-2H3;1H4;1H3;;;;/q3*-1;;;;;;;-1;;;;. The molecule has 0 bridgehead atoms. The van der Waals surface area contributed by atoms with E-state index in [1.54, 1.807) is 0 Å². The summed E-state index contributed by atoms with van der Waals surface area (Å²) in [7, 11) is -9.75. The third-order valence-corrected chi connectivity index (χ3v) is 20.5. The van der Waals surface area contributed by atoms with Crippen molar-refractivity contribution in [2.45, 2.75) is 166 Å². The van der Waals surface area contributed by atoms with Crippen LogP contribution in [0, 0.1) is 47.3 Å². The number of hydrogen-bond donors (Lipinski definition) is 4. The molecule has 0 aromatic heterocycles. The Balaban J connectivity index is -0.0000000850. The Hall–Kier alpha value is 4.52. The maximum atomic E-state index is 11.1. The molecule has 4 radical (unpaired) electrons. The molecular weight excluding hydrogens is 1170 g/mol. The maximum Gasteiger partial charge on any atom is 0.0441 e. The molecule has 6 fully saturated rings. The molecule has 6 heterocycles. The largest absolute Gasteiger partial charge is 0.358 e. The molecule has 0 aromatic carbocycles. The summed E-state index contributed by atoms with van der Waals surface area (Å²) < 4.78 is 94.3. The van der Waals surface area contributed by atoms with E-state index in [1.807, 2.05) is 27.7 Å². The van der Waals surface area contributed by atoms with Gasteiger partial charge in [-0.05, 0) is 68.6 Å². The number of rotatable bonds is 0. The smallest absolute Gasteiger partial charge is 0.0441 e. The van der Waals surface area contributed by atoms with Gasteiger partial charge in [0, 0.05) is 232 Å². The van der Waals surface area contributed by atoms with Crippen molar-refractivity contribution in [2.24, 2.45) is 0 Å². The summed E-state index contributed by atoms with van der Waals surface area (Å²) in [5.74, 6) is 6.52. The van der Waals surface area contributed by atoms with E-state index in [0.717, 1.165) is 94.3 Å². The molecule has 4 N–H and O–H groups in total. The van der Waals surface area contributed by atoms with E-state index in [9.17, 15) is 25.3 Å². The van der Waals surface area contributed by atoms with Gasteiger partial charge in [0.05, 0.1) is 0 Å². The normalized spacial score (nSPS) is 29.7. The molecule has 59 heavy (non-hydrogen) atoms. The number of hydrogen-bond acceptors (Lipinski definition) is 10. The minimum atomic E-state index is -2.27. The van der Waals surface area contributed by atoms with Crippen molar-refractivity contribution in [3.8, 4) is 0 Å². The second-order valence-corrected chi connectivity index (χ2v) is 27.2. The first-order valence-corrected chi connectivity index (χ1v) is 30.3. The predicted molar refractivity (Wildman–Crippen MR) is 250 cm³/mol. The molecule has 350 valence electrons. The van der Waals surface area contributed by atoms with Gasteiger partial charge in [0.2, 0.25) is 0 Å². The summed E-state index contributed by atoms with van der Waals surface area (Å²) >= 11 is 0. The van der Waals surface area contributed by atoms with Crippen LogP contribution in [-0.2, 0) is 191 Å². The van der Waals surface area contributed by atoms with Gasteiger partial charge >= 0.3 is 0 Å². The zero-order chi connectivity index (χ0) is 41.0. The van der Waals surface area contributed by atoms with Gasteiger partial charge in [0.25, 0.3) is 0 Å². The van der Waals surface area contributed by atoms with Crippen molar-refractivity contribution in [1.82, 2.24) is 0 Å². The predicted octanol–water partition coefficient (Wildman–Crippen LogP) is 10.4. The van der Waals surface area contributed by atoms with E-state index in [-0.39, 0.29) is 161 Å². The summed E-state index contributed by atoms with van der Waals surface area (Å²) in [4.78, 5) is 0. The minimum absolute atomic E-state index is 0. The van der Waals surface area contributed by atoms with Crippen LogP contribution in [0.2, 0.25) is 0 Å². The Labute approximate surface area is 474 Å². The quantitative estimate of drug-likeness (QED) is 0.174. The van der Waals surface area contributed by atoms with Crippen molar-refractivity contribution in [1.29, 1.82) is 19.1 Å². The third kappa shape index (κ3) is 44.8. The molecule has 10 nitrogen and oxygen atoms in total. The summed E-state index contributed by atoms with van der Waals surface area (Å²) in [6, 6.07) is 0. The maximum absolute atomic E-state index is 11.1. The van der Waals surface area contributed by atoms with E-state index >= 15 is 0 Å². The fourth-order valence-corrected chi connectivity index (χ4v) is 14.3. The second kappa shape index (κ2) is 47.6. The molecule has 6 saturated heterocycles. The Morgan fingerprint density at radius 1 is 0.441 bits per heavy atom. The summed E-state index contributed by atoms with van der Waals surface area (Å²) in [6.07, 6.45) is 19.3. The van der Waals surface area contributed by atoms with Gasteiger partial charge in [-0.3, -0.25) is 36.0 Å². The van der Waals surface area contributed by atoms with Gasteiger partial charge in [-0.1, -0.05) is 109 Å². The van der Waals surface area contributed by atoms with Gasteiger partial charge in [0.1, 0.15) is 0 Å². The minimum Gasteiger partial charge on any atom is -0.358 e. The summed E-state index contributed by atoms with van der Waals surface area (Å²) in [5, 5.41) is 0.0150. The van der Waals surface area contributed by atoms with E-state index in [0.29, 0.717) is 34.5 Å². The van der Waals surface area contributed by atoms with Crippen LogP contribution in [-0.4, -0.2) is 92.8 Å². The van der Waals surface area contributed by atoms with Gasteiger partial charge in [0.15, 0.2) is 0 Å². The molecule has 0 aromatic rings. The molecule has 0 aliphatic carbocycles. The molecule has 6 unspecified atom stereocenters. The van der Waals surface area contributed by atoms with Crippen LogP contribution in [0.3, 0.4) is 0 Å². The Morgan fingerprint density at radius 3 is 0.881 bits per heavy atom. The van der Waals surface area contributed by atoms with E-state index in [2.05, 4.69) is 20.8 Å². The molecule has 6 aliphatic heterocycles. The zero-order valence-electron chi connectivity index (χ0n) is 37.2. The van der Waals surface area contributed by atoms with Gasteiger partial charge < -0.3 is 28.2 Å². The second-order valence-electron chi connectivity index (χ2n) is 13.8. The van der Waals surface area contributed by atoms with Gasteiger partial charge in [-0.15, -0.1) is 0 Å². The van der Waals surface area contributed by atoms with Crippen molar-refractivity contribution in [2.75, 3.05) is 51.8 Å². The molecular formula is C39H86N4O6S6Y4-4. The van der Waals surface area contributed by atoms with Crippen molar-refractivity contribution < 1.29 is 156 Å². The van der Waals surface area contributed by atoms with Gasteiger partial charge in [-0.25, -0.2) is 8.42 Å². The molecule has 6 atom stereocenters. The van der Waals surface area contributed by atoms with Crippen molar-refractivity contribution >= 4 is 60.5 Å². The van der Waals surface area contributed by atoms with E-state index in [4.69, 9.17) is 19.1 Å². The third-order valence-electron chi connectivity index (χ3n) is 9.16. The Bertz CT molecular complexity index is 1320. The van der Waals surface area contributed by atoms with Gasteiger partial charge in [-0.2, -0.15) is 0 Å². The van der Waals surface area contributed by atoms with E-state index < -0.39 is 60.5 Å². The average molecular weight is 1260 g/mol. The molecule has 0 saturated carbocycles. The fourth-order valence-electron chi connectivity index (χ4n) is 5.71. The van der Waals surface area contributed by atoms with Crippen LogP contribution in [0.15, 0.2) is 0 Å². The SMILES string of the molecule is C.CC.CC.N=S1(=O)CCCCC1.N=S1(=O)CCCCC1.O=S1CCCCC1.[CH2-]C1CCCCS1(=N)=O.[CH2-]C1CCCCS1(=N)=O.[CH2-]C1CCCCS1=O.[CH3-].[Y].[Y].[Y].[Y]. The summed E-state index contributed by atoms with van der Waals surface area (Å²) in [6.45, 7) is 19.2. The van der Waals surface area contributed by atoms with Crippen LogP contribution in [0.1, 0.15) is 151 Å². The molecule has 0 spiro atoms. The van der Waals surface area contributed by atoms with Crippen molar-refractivity contribution in [3.63, 3.8) is 0 Å². The van der Waals surface area contributed by atoms with E-state index in [1.165, 1.54) is 38.5 Å². The Morgan fingerprint density at radius 2 is 0.712 bits per heavy atom. The first-order chi connectivity index (χ1) is 24.9. The van der Waals surface area contributed by atoms with Crippen LogP contribution in [0.4, 0.5) is 0 Å². The van der Waals surface area contributed by atoms with Crippen molar-refractivity contribution in [3.05, 3.63) is 28.2 Å². The molecule has 0 amide bonds. The van der Waals surface area contributed by atoms with Crippen LogP contribution < -0.4 is 0 Å². The molecule has 6 rings (SSSR count). The molecule has 6 aliphatic rings. The average Bonchev–Trinajstić information content (AvgIpc) is 3.12. The van der Waals surface area contributed by atoms with Crippen LogP contribution in [0.25, 0.3) is 0 Å². The zero-order valence-corrected chi connectivity index (χ0v) is 53.4.